The minimum Gasteiger partial charge on any atom is -0.427 e. The van der Waals surface area contributed by atoms with Crippen LogP contribution in [0, 0.1) is 0 Å². The number of benzene rings is 1. The largest absolute Gasteiger partial charge is 0.427 e. The second kappa shape index (κ2) is 2.87. The van der Waals surface area contributed by atoms with E-state index < -0.39 is 0 Å². The maximum atomic E-state index is 9.56. The Morgan fingerprint density at radius 3 is 3.00 bits per heavy atom. The van der Waals surface area contributed by atoms with E-state index in [1.54, 1.807) is 18.3 Å². The van der Waals surface area contributed by atoms with Gasteiger partial charge in [-0.15, -0.1) is 0 Å². The van der Waals surface area contributed by atoms with Crippen LogP contribution in [0.15, 0.2) is 36.5 Å². The molecule has 0 aromatic heterocycles. The van der Waals surface area contributed by atoms with E-state index in [9.17, 15) is 5.21 Å². The molecule has 3 rings (SSSR count). The molecule has 74 valence electrons. The number of fused-ring (bicyclic) bond motifs is 3. The van der Waals surface area contributed by atoms with Crippen LogP contribution in [0.25, 0.3) is 22.3 Å². The van der Waals surface area contributed by atoms with Crippen LogP contribution in [0.3, 0.4) is 0 Å². The van der Waals surface area contributed by atoms with Crippen LogP contribution < -0.4 is 0 Å². The molecule has 0 fully saturated rings. The predicted octanol–water partition coefficient (Wildman–Crippen LogP) is 3.03. The molecule has 3 nitrogen and oxygen atoms in total. The lowest BCUT2D eigenvalue weighted by atomic mass is 10.1. The van der Waals surface area contributed by atoms with Crippen molar-refractivity contribution in [2.45, 2.75) is 0 Å². The topological polar surface area (TPSA) is 38.0 Å². The van der Waals surface area contributed by atoms with E-state index in [-0.39, 0.29) is 0 Å². The maximum absolute atomic E-state index is 9.56. The van der Waals surface area contributed by atoms with Crippen LogP contribution in [-0.2, 0) is 0 Å². The third-order valence-corrected chi connectivity index (χ3v) is 2.66. The minimum absolute atomic E-state index is 0.551. The first kappa shape index (κ1) is 8.56. The first-order valence-corrected chi connectivity index (χ1v) is 4.89. The minimum atomic E-state index is 0.551. The molecule has 2 heterocycles. The molecular weight excluding hydrogens is 212 g/mol. The van der Waals surface area contributed by atoms with Gasteiger partial charge in [-0.25, -0.2) is 4.98 Å². The number of hydrogen-bond acceptors (Lipinski definition) is 2. The smallest absolute Gasteiger partial charge is 0.176 e. The van der Waals surface area contributed by atoms with E-state index in [1.807, 2.05) is 18.2 Å². The van der Waals surface area contributed by atoms with E-state index in [0.717, 1.165) is 21.2 Å². The maximum Gasteiger partial charge on any atom is 0.176 e. The van der Waals surface area contributed by atoms with Crippen LogP contribution in [0.4, 0.5) is 0 Å². The third kappa shape index (κ3) is 1.17. The summed E-state index contributed by atoms with van der Waals surface area (Å²) in [5.74, 6) is 0.551. The van der Waals surface area contributed by atoms with Crippen LogP contribution >= 0.6 is 11.6 Å². The molecule has 0 spiro atoms. The normalized spacial score (nSPS) is 11.3. The molecule has 1 aromatic rings. The zero-order valence-electron chi connectivity index (χ0n) is 7.68. The molecule has 0 saturated carbocycles. The number of halogens is 1. The monoisotopic (exact) mass is 218 g/mol. The van der Waals surface area contributed by atoms with Crippen molar-refractivity contribution >= 4 is 22.5 Å². The van der Waals surface area contributed by atoms with Gasteiger partial charge in [0.1, 0.15) is 0 Å². The molecule has 2 aliphatic rings. The number of pyridine rings is 1. The Morgan fingerprint density at radius 2 is 2.13 bits per heavy atom. The second-order valence-electron chi connectivity index (χ2n) is 3.36. The lowest BCUT2D eigenvalue weighted by Crippen LogP contribution is -1.96. The van der Waals surface area contributed by atoms with Crippen molar-refractivity contribution in [1.82, 2.24) is 9.71 Å². The first-order chi connectivity index (χ1) is 7.25. The summed E-state index contributed by atoms with van der Waals surface area (Å²) in [5, 5.41) is 11.2. The fraction of sp³-hybridized carbons (Fsp3) is 0. The Kier molecular flexibility index (Phi) is 1.64. The summed E-state index contributed by atoms with van der Waals surface area (Å²) in [4.78, 5) is 4.31. The molecule has 0 bridgehead atoms. The zero-order valence-corrected chi connectivity index (χ0v) is 8.44. The van der Waals surface area contributed by atoms with Gasteiger partial charge < -0.3 is 5.21 Å². The highest BCUT2D eigenvalue weighted by molar-refractivity contribution is 6.31. The van der Waals surface area contributed by atoms with Crippen molar-refractivity contribution in [2.75, 3.05) is 0 Å². The summed E-state index contributed by atoms with van der Waals surface area (Å²) in [5.41, 5.74) is 1.74. The molecule has 0 aliphatic carbocycles. The van der Waals surface area contributed by atoms with Gasteiger partial charge >= 0.3 is 0 Å². The van der Waals surface area contributed by atoms with E-state index in [4.69, 9.17) is 11.6 Å². The van der Waals surface area contributed by atoms with Gasteiger partial charge in [0.05, 0.1) is 5.52 Å². The quantitative estimate of drug-likeness (QED) is 0.589. The highest BCUT2D eigenvalue weighted by atomic mass is 35.5. The van der Waals surface area contributed by atoms with Crippen molar-refractivity contribution in [3.05, 3.63) is 41.6 Å². The van der Waals surface area contributed by atoms with E-state index in [0.29, 0.717) is 10.8 Å². The highest BCUT2D eigenvalue weighted by Gasteiger charge is 2.14. The summed E-state index contributed by atoms with van der Waals surface area (Å²) in [7, 11) is 0. The van der Waals surface area contributed by atoms with Crippen LogP contribution in [0.2, 0.25) is 5.02 Å². The first-order valence-electron chi connectivity index (χ1n) is 4.51. The van der Waals surface area contributed by atoms with Crippen molar-refractivity contribution in [1.29, 1.82) is 0 Å². The SMILES string of the molecule is On1cccc2c3cc(Cl)ccc3nc1-2. The number of nitrogens with zero attached hydrogens (tertiary/aromatic N) is 2. The van der Waals surface area contributed by atoms with Crippen LogP contribution in [0.1, 0.15) is 0 Å². The third-order valence-electron chi connectivity index (χ3n) is 2.42. The van der Waals surface area contributed by atoms with E-state index in [2.05, 4.69) is 4.98 Å². The van der Waals surface area contributed by atoms with Crippen molar-refractivity contribution in [2.24, 2.45) is 0 Å². The Balaban J connectivity index is 2.50. The molecule has 1 aromatic carbocycles. The van der Waals surface area contributed by atoms with Gasteiger partial charge in [0.15, 0.2) is 5.82 Å². The molecule has 15 heavy (non-hydrogen) atoms. The lowest BCUT2D eigenvalue weighted by Gasteiger charge is -2.02. The van der Waals surface area contributed by atoms with Gasteiger partial charge in [-0.3, -0.25) is 0 Å². The van der Waals surface area contributed by atoms with E-state index in [1.165, 1.54) is 0 Å². The van der Waals surface area contributed by atoms with Gasteiger partial charge in [-0.2, -0.15) is 4.73 Å². The number of hydrogen-bond donors (Lipinski definition) is 1. The Hall–Kier alpha value is -1.74. The van der Waals surface area contributed by atoms with Gasteiger partial charge in [-0.05, 0) is 30.3 Å². The lowest BCUT2D eigenvalue weighted by molar-refractivity contribution is 0.187. The van der Waals surface area contributed by atoms with Gasteiger partial charge in [0, 0.05) is 22.2 Å². The van der Waals surface area contributed by atoms with Crippen LogP contribution in [0.5, 0.6) is 0 Å². The molecule has 0 radical (unpaired) electrons. The molecule has 0 saturated heterocycles. The van der Waals surface area contributed by atoms with Gasteiger partial charge in [0.2, 0.25) is 0 Å². The number of aromatic nitrogens is 2. The molecule has 1 N–H and O–H groups in total. The van der Waals surface area contributed by atoms with Crippen molar-refractivity contribution < 1.29 is 5.21 Å². The average Bonchev–Trinajstić information content (AvgIpc) is 2.58. The fourth-order valence-electron chi connectivity index (χ4n) is 1.75. The second-order valence-corrected chi connectivity index (χ2v) is 3.80. The summed E-state index contributed by atoms with van der Waals surface area (Å²) >= 11 is 5.92. The Labute approximate surface area is 90.8 Å². The fourth-order valence-corrected chi connectivity index (χ4v) is 1.92. The average molecular weight is 219 g/mol. The zero-order chi connectivity index (χ0) is 10.4. The summed E-state index contributed by atoms with van der Waals surface area (Å²) < 4.78 is 1.02. The van der Waals surface area contributed by atoms with E-state index >= 15 is 0 Å². The molecule has 2 aliphatic heterocycles. The molecule has 0 unspecified atom stereocenters. The number of rotatable bonds is 0. The van der Waals surface area contributed by atoms with Gasteiger partial charge in [-0.1, -0.05) is 11.6 Å². The standard InChI is InChI=1S/C11H7ClN2O/c12-7-3-4-10-9(6-7)8-2-1-5-14(15)11(8)13-10/h1-6,15H. The summed E-state index contributed by atoms with van der Waals surface area (Å²) in [6.45, 7) is 0. The van der Waals surface area contributed by atoms with Crippen LogP contribution in [-0.4, -0.2) is 14.9 Å². The molecule has 0 amide bonds. The van der Waals surface area contributed by atoms with Crippen molar-refractivity contribution in [3.8, 4) is 11.4 Å². The Bertz CT molecular complexity index is 617. The molecular formula is C11H7ClN2O. The molecule has 0 atom stereocenters. The van der Waals surface area contributed by atoms with Gasteiger partial charge in [0.25, 0.3) is 0 Å². The summed E-state index contributed by atoms with van der Waals surface area (Å²) in [6, 6.07) is 9.17. The Morgan fingerprint density at radius 1 is 1.27 bits per heavy atom. The molecule has 4 heteroatoms. The summed E-state index contributed by atoms with van der Waals surface area (Å²) in [6.07, 6.45) is 1.55. The predicted molar refractivity (Wildman–Crippen MR) is 58.5 cm³/mol. The van der Waals surface area contributed by atoms with Crippen molar-refractivity contribution in [3.63, 3.8) is 0 Å². The highest BCUT2D eigenvalue weighted by Crippen LogP contribution is 2.31.